The number of benzene rings is 1. The maximum Gasteiger partial charge on any atom is 0.292 e. The maximum atomic E-state index is 5.62. The van der Waals surface area contributed by atoms with Crippen LogP contribution in [0.25, 0.3) is 11.3 Å². The lowest BCUT2D eigenvalue weighted by Crippen LogP contribution is -1.93. The zero-order valence-corrected chi connectivity index (χ0v) is 11.2. The van der Waals surface area contributed by atoms with Gasteiger partial charge >= 0.3 is 0 Å². The average Bonchev–Trinajstić information content (AvgIpc) is 2.70. The third-order valence-electron chi connectivity index (χ3n) is 2.97. The van der Waals surface area contributed by atoms with E-state index >= 15 is 0 Å². The molecule has 4 heteroatoms. The number of nitrogens with zero attached hydrogens (tertiary/aromatic N) is 1. The van der Waals surface area contributed by atoms with Crippen LogP contribution in [-0.4, -0.2) is 12.1 Å². The molecule has 0 bridgehead atoms. The van der Waals surface area contributed by atoms with E-state index in [1.807, 2.05) is 32.9 Å². The summed E-state index contributed by atoms with van der Waals surface area (Å²) in [5, 5.41) is 0. The second-order valence-electron chi connectivity index (χ2n) is 4.32. The summed E-state index contributed by atoms with van der Waals surface area (Å²) in [5.74, 6) is 1.73. The minimum absolute atomic E-state index is 0.216. The van der Waals surface area contributed by atoms with Gasteiger partial charge in [0.1, 0.15) is 17.2 Å². The van der Waals surface area contributed by atoms with E-state index < -0.39 is 0 Å². The molecule has 0 fully saturated rings. The maximum absolute atomic E-state index is 5.62. The molecule has 96 valence electrons. The summed E-state index contributed by atoms with van der Waals surface area (Å²) < 4.78 is 10.7. The van der Waals surface area contributed by atoms with Gasteiger partial charge in [-0.25, -0.2) is 0 Å². The predicted molar refractivity (Wildman–Crippen MR) is 71.8 cm³/mol. The van der Waals surface area contributed by atoms with Gasteiger partial charge in [-0.3, -0.25) is 0 Å². The number of nitrogens with two attached hydrogens (primary N) is 1. The molecule has 0 atom stereocenters. The highest BCUT2D eigenvalue weighted by molar-refractivity contribution is 5.66. The van der Waals surface area contributed by atoms with Gasteiger partial charge in [0.25, 0.3) is 6.01 Å². The Balaban J connectivity index is 2.57. The summed E-state index contributed by atoms with van der Waals surface area (Å²) in [6.07, 6.45) is 0.768. The van der Waals surface area contributed by atoms with Crippen molar-refractivity contribution >= 4 is 6.01 Å². The lowest BCUT2D eigenvalue weighted by molar-refractivity contribution is 0.408. The van der Waals surface area contributed by atoms with E-state index in [9.17, 15) is 0 Å². The fourth-order valence-corrected chi connectivity index (χ4v) is 2.24. The van der Waals surface area contributed by atoms with Crippen LogP contribution in [0.4, 0.5) is 6.01 Å². The van der Waals surface area contributed by atoms with Crippen LogP contribution in [0.2, 0.25) is 0 Å². The smallest absolute Gasteiger partial charge is 0.292 e. The fraction of sp³-hybridized carbons (Fsp3) is 0.357. The molecule has 1 aromatic heterocycles. The van der Waals surface area contributed by atoms with Gasteiger partial charge in [-0.2, -0.15) is 4.98 Å². The Morgan fingerprint density at radius 1 is 1.28 bits per heavy atom. The predicted octanol–water partition coefficient (Wildman–Crippen LogP) is 3.11. The minimum Gasteiger partial charge on any atom is -0.496 e. The molecule has 1 aromatic carbocycles. The lowest BCUT2D eigenvalue weighted by atomic mass is 10.0. The quantitative estimate of drug-likeness (QED) is 0.903. The van der Waals surface area contributed by atoms with Gasteiger partial charge in [0, 0.05) is 12.0 Å². The summed E-state index contributed by atoms with van der Waals surface area (Å²) >= 11 is 0. The summed E-state index contributed by atoms with van der Waals surface area (Å²) in [6.45, 7) is 6.06. The van der Waals surface area contributed by atoms with Gasteiger partial charge in [0.05, 0.1) is 7.11 Å². The number of ether oxygens (including phenoxy) is 1. The lowest BCUT2D eigenvalue weighted by Gasteiger charge is -2.10. The largest absolute Gasteiger partial charge is 0.496 e. The van der Waals surface area contributed by atoms with Crippen LogP contribution in [0.15, 0.2) is 16.5 Å². The zero-order chi connectivity index (χ0) is 13.3. The Kier molecular flexibility index (Phi) is 3.28. The summed E-state index contributed by atoms with van der Waals surface area (Å²) in [4.78, 5) is 4.26. The van der Waals surface area contributed by atoms with Crippen molar-refractivity contribution < 1.29 is 9.15 Å². The minimum atomic E-state index is 0.216. The molecule has 2 rings (SSSR count). The normalized spacial score (nSPS) is 10.7. The summed E-state index contributed by atoms with van der Waals surface area (Å²) in [7, 11) is 1.68. The van der Waals surface area contributed by atoms with Gasteiger partial charge in [-0.05, 0) is 37.1 Å². The van der Waals surface area contributed by atoms with Crippen LogP contribution in [0.1, 0.15) is 23.8 Å². The number of anilines is 1. The first-order valence-electron chi connectivity index (χ1n) is 5.97. The van der Waals surface area contributed by atoms with Crippen LogP contribution >= 0.6 is 0 Å². The second kappa shape index (κ2) is 4.72. The van der Waals surface area contributed by atoms with Gasteiger partial charge in [-0.15, -0.1) is 0 Å². The zero-order valence-electron chi connectivity index (χ0n) is 11.2. The number of methoxy groups -OCH3 is 1. The Labute approximate surface area is 107 Å². The SMILES string of the molecule is CCc1oc(N)nc1-c1cc(C)c(OC)c(C)c1. The molecule has 0 aliphatic carbocycles. The van der Waals surface area contributed by atoms with Crippen molar-refractivity contribution in [2.45, 2.75) is 27.2 Å². The number of rotatable bonds is 3. The molecular weight excluding hydrogens is 228 g/mol. The fourth-order valence-electron chi connectivity index (χ4n) is 2.24. The molecule has 0 aliphatic heterocycles. The van der Waals surface area contributed by atoms with E-state index in [4.69, 9.17) is 14.9 Å². The third-order valence-corrected chi connectivity index (χ3v) is 2.97. The molecule has 4 nitrogen and oxygen atoms in total. The highest BCUT2D eigenvalue weighted by Crippen LogP contribution is 2.32. The van der Waals surface area contributed by atoms with E-state index in [0.29, 0.717) is 0 Å². The molecule has 0 radical (unpaired) electrons. The number of nitrogen functional groups attached to an aromatic ring is 1. The number of hydrogen-bond acceptors (Lipinski definition) is 4. The van der Waals surface area contributed by atoms with E-state index in [0.717, 1.165) is 40.3 Å². The van der Waals surface area contributed by atoms with Gasteiger partial charge in [0.15, 0.2) is 0 Å². The molecule has 0 amide bonds. The number of hydrogen-bond donors (Lipinski definition) is 1. The van der Waals surface area contributed by atoms with Gasteiger partial charge in [0.2, 0.25) is 0 Å². The summed E-state index contributed by atoms with van der Waals surface area (Å²) in [6, 6.07) is 4.30. The van der Waals surface area contributed by atoms with E-state index in [1.165, 1.54) is 0 Å². The van der Waals surface area contributed by atoms with Crippen LogP contribution in [0, 0.1) is 13.8 Å². The molecule has 0 spiro atoms. The first-order chi connectivity index (χ1) is 8.56. The van der Waals surface area contributed by atoms with E-state index in [2.05, 4.69) is 4.98 Å². The molecule has 1 heterocycles. The molecule has 0 aliphatic rings. The van der Waals surface area contributed by atoms with Crippen LogP contribution in [0.3, 0.4) is 0 Å². The average molecular weight is 246 g/mol. The van der Waals surface area contributed by atoms with Crippen molar-refractivity contribution in [3.63, 3.8) is 0 Å². The Morgan fingerprint density at radius 3 is 2.39 bits per heavy atom. The standard InChI is InChI=1S/C14H18N2O2/c1-5-11-12(16-14(15)18-11)10-6-8(2)13(17-4)9(3)7-10/h6-7H,5H2,1-4H3,(H2,15,16). The van der Waals surface area contributed by atoms with E-state index in [1.54, 1.807) is 7.11 Å². The number of aromatic nitrogens is 1. The highest BCUT2D eigenvalue weighted by atomic mass is 16.5. The molecular formula is C14H18N2O2. The van der Waals surface area contributed by atoms with Crippen LogP contribution < -0.4 is 10.5 Å². The van der Waals surface area contributed by atoms with Crippen molar-refractivity contribution in [2.24, 2.45) is 0 Å². The Bertz CT molecular complexity index is 550. The topological polar surface area (TPSA) is 61.3 Å². The number of oxazole rings is 1. The molecule has 0 unspecified atom stereocenters. The van der Waals surface area contributed by atoms with Crippen molar-refractivity contribution in [3.05, 3.63) is 29.0 Å². The molecule has 0 saturated carbocycles. The van der Waals surface area contributed by atoms with Crippen LogP contribution in [0.5, 0.6) is 5.75 Å². The highest BCUT2D eigenvalue weighted by Gasteiger charge is 2.14. The number of aryl methyl sites for hydroxylation is 3. The van der Waals surface area contributed by atoms with Crippen molar-refractivity contribution in [3.8, 4) is 17.0 Å². The Morgan fingerprint density at radius 2 is 1.89 bits per heavy atom. The molecule has 2 aromatic rings. The first kappa shape index (κ1) is 12.5. The summed E-state index contributed by atoms with van der Waals surface area (Å²) in [5.41, 5.74) is 9.62. The Hall–Kier alpha value is -1.97. The van der Waals surface area contributed by atoms with Crippen molar-refractivity contribution in [1.82, 2.24) is 4.98 Å². The van der Waals surface area contributed by atoms with E-state index in [-0.39, 0.29) is 6.01 Å². The molecule has 0 saturated heterocycles. The monoisotopic (exact) mass is 246 g/mol. The molecule has 18 heavy (non-hydrogen) atoms. The first-order valence-corrected chi connectivity index (χ1v) is 5.97. The van der Waals surface area contributed by atoms with Crippen molar-refractivity contribution in [2.75, 3.05) is 12.8 Å². The van der Waals surface area contributed by atoms with Gasteiger partial charge < -0.3 is 14.9 Å². The third kappa shape index (κ3) is 2.06. The van der Waals surface area contributed by atoms with Crippen molar-refractivity contribution in [1.29, 1.82) is 0 Å². The van der Waals surface area contributed by atoms with Crippen LogP contribution in [-0.2, 0) is 6.42 Å². The van der Waals surface area contributed by atoms with Gasteiger partial charge in [-0.1, -0.05) is 6.92 Å². The molecule has 2 N–H and O–H groups in total. The second-order valence-corrected chi connectivity index (χ2v) is 4.32.